The fourth-order valence-electron chi connectivity index (χ4n) is 3.24. The van der Waals surface area contributed by atoms with E-state index in [9.17, 15) is 0 Å². The van der Waals surface area contributed by atoms with Gasteiger partial charge in [-0.1, -0.05) is 30.3 Å². The fourth-order valence-corrected chi connectivity index (χ4v) is 3.24. The van der Waals surface area contributed by atoms with E-state index in [0.717, 1.165) is 51.1 Å². The normalized spacial score (nSPS) is 15.0. The molecular formula is C22H31N5O. The molecule has 0 saturated carbocycles. The Bertz CT molecular complexity index is 724. The zero-order valence-corrected chi connectivity index (χ0v) is 17.0. The molecule has 3 rings (SSSR count). The molecule has 6 heteroatoms. The predicted molar refractivity (Wildman–Crippen MR) is 115 cm³/mol. The predicted octanol–water partition coefficient (Wildman–Crippen LogP) is 2.91. The van der Waals surface area contributed by atoms with Crippen molar-refractivity contribution in [2.45, 2.75) is 27.0 Å². The highest BCUT2D eigenvalue weighted by Gasteiger charge is 2.20. The first kappa shape index (κ1) is 20.1. The van der Waals surface area contributed by atoms with Crippen molar-refractivity contribution >= 4 is 11.8 Å². The Hall–Kier alpha value is -2.60. The molecule has 1 fully saturated rings. The number of aromatic nitrogens is 1. The molecule has 1 aliphatic rings. The number of guanidine groups is 1. The van der Waals surface area contributed by atoms with Crippen molar-refractivity contribution in [1.29, 1.82) is 0 Å². The first-order chi connectivity index (χ1) is 13.8. The van der Waals surface area contributed by atoms with E-state index in [1.54, 1.807) is 0 Å². The summed E-state index contributed by atoms with van der Waals surface area (Å²) in [7, 11) is 0. The number of piperazine rings is 1. The van der Waals surface area contributed by atoms with Gasteiger partial charge in [0.15, 0.2) is 5.96 Å². The Balaban J connectivity index is 1.57. The van der Waals surface area contributed by atoms with Gasteiger partial charge in [-0.3, -0.25) is 0 Å². The molecular weight excluding hydrogens is 350 g/mol. The Labute approximate surface area is 168 Å². The lowest BCUT2D eigenvalue weighted by Crippen LogP contribution is -2.52. The van der Waals surface area contributed by atoms with Crippen molar-refractivity contribution in [3.05, 3.63) is 59.8 Å². The van der Waals surface area contributed by atoms with Crippen LogP contribution in [-0.2, 0) is 17.9 Å². The summed E-state index contributed by atoms with van der Waals surface area (Å²) in [5, 5.41) is 3.44. The molecule has 150 valence electrons. The van der Waals surface area contributed by atoms with Crippen molar-refractivity contribution in [3.8, 4) is 0 Å². The number of hydrogen-bond acceptors (Lipinski definition) is 4. The van der Waals surface area contributed by atoms with Crippen LogP contribution in [0.15, 0.2) is 53.7 Å². The molecule has 2 heterocycles. The summed E-state index contributed by atoms with van der Waals surface area (Å²) in [4.78, 5) is 14.0. The van der Waals surface area contributed by atoms with Gasteiger partial charge in [0.25, 0.3) is 0 Å². The van der Waals surface area contributed by atoms with Crippen LogP contribution in [0.3, 0.4) is 0 Å². The second kappa shape index (κ2) is 10.7. The molecule has 6 nitrogen and oxygen atoms in total. The van der Waals surface area contributed by atoms with Gasteiger partial charge in [0.05, 0.1) is 13.2 Å². The summed E-state index contributed by atoms with van der Waals surface area (Å²) in [5.41, 5.74) is 2.41. The number of hydrogen-bond donors (Lipinski definition) is 1. The summed E-state index contributed by atoms with van der Waals surface area (Å²) in [5.74, 6) is 2.04. The standard InChI is InChI=1S/C22H31N5O/c1-3-23-22(25-17-19-8-10-20(11-9-19)18-28-4-2)27-15-13-26(14-16-27)21-7-5-6-12-24-21/h5-12H,3-4,13-18H2,1-2H3,(H,23,25). The molecule has 28 heavy (non-hydrogen) atoms. The Morgan fingerprint density at radius 3 is 2.43 bits per heavy atom. The van der Waals surface area contributed by atoms with Gasteiger partial charge in [-0.05, 0) is 37.1 Å². The highest BCUT2D eigenvalue weighted by Crippen LogP contribution is 2.13. The topological polar surface area (TPSA) is 53.0 Å². The quantitative estimate of drug-likeness (QED) is 0.590. The number of nitrogens with zero attached hydrogens (tertiary/aromatic N) is 4. The molecule has 0 atom stereocenters. The van der Waals surface area contributed by atoms with Gasteiger partial charge in [0.1, 0.15) is 5.82 Å². The number of pyridine rings is 1. The van der Waals surface area contributed by atoms with Gasteiger partial charge in [0, 0.05) is 45.5 Å². The van der Waals surface area contributed by atoms with Crippen molar-refractivity contribution in [2.24, 2.45) is 4.99 Å². The lowest BCUT2D eigenvalue weighted by atomic mass is 10.1. The van der Waals surface area contributed by atoms with E-state index < -0.39 is 0 Å². The minimum atomic E-state index is 0.670. The molecule has 0 aliphatic carbocycles. The molecule has 0 unspecified atom stereocenters. The number of anilines is 1. The van der Waals surface area contributed by atoms with Crippen LogP contribution in [0.5, 0.6) is 0 Å². The molecule has 1 aromatic heterocycles. The van der Waals surface area contributed by atoms with E-state index in [4.69, 9.17) is 9.73 Å². The highest BCUT2D eigenvalue weighted by molar-refractivity contribution is 5.80. The van der Waals surface area contributed by atoms with Crippen LogP contribution < -0.4 is 10.2 Å². The average Bonchev–Trinajstić information content (AvgIpc) is 2.77. The van der Waals surface area contributed by atoms with E-state index >= 15 is 0 Å². The molecule has 1 saturated heterocycles. The Morgan fingerprint density at radius 2 is 1.79 bits per heavy atom. The maximum absolute atomic E-state index is 5.46. The van der Waals surface area contributed by atoms with Crippen LogP contribution >= 0.6 is 0 Å². The summed E-state index contributed by atoms with van der Waals surface area (Å²) in [6, 6.07) is 14.6. The minimum Gasteiger partial charge on any atom is -0.377 e. The van der Waals surface area contributed by atoms with Crippen molar-refractivity contribution in [3.63, 3.8) is 0 Å². The third kappa shape index (κ3) is 5.70. The SMILES string of the molecule is CCNC(=NCc1ccc(COCC)cc1)N1CCN(c2ccccn2)CC1. The van der Waals surface area contributed by atoms with Crippen LogP contribution in [0.4, 0.5) is 5.82 Å². The van der Waals surface area contributed by atoms with E-state index in [-0.39, 0.29) is 0 Å². The smallest absolute Gasteiger partial charge is 0.194 e. The fraction of sp³-hybridized carbons (Fsp3) is 0.455. The average molecular weight is 382 g/mol. The molecule has 0 spiro atoms. The highest BCUT2D eigenvalue weighted by atomic mass is 16.5. The molecule has 0 radical (unpaired) electrons. The number of aliphatic imine (C=N–C) groups is 1. The molecule has 2 aromatic rings. The van der Waals surface area contributed by atoms with E-state index in [2.05, 4.69) is 57.4 Å². The zero-order valence-electron chi connectivity index (χ0n) is 17.0. The van der Waals surface area contributed by atoms with E-state index in [1.165, 1.54) is 11.1 Å². The maximum Gasteiger partial charge on any atom is 0.194 e. The largest absolute Gasteiger partial charge is 0.377 e. The number of nitrogens with one attached hydrogen (secondary N) is 1. The molecule has 1 aliphatic heterocycles. The number of benzene rings is 1. The van der Waals surface area contributed by atoms with E-state index in [0.29, 0.717) is 13.2 Å². The summed E-state index contributed by atoms with van der Waals surface area (Å²) in [6.07, 6.45) is 1.85. The Morgan fingerprint density at radius 1 is 1.04 bits per heavy atom. The molecule has 1 aromatic carbocycles. The van der Waals surface area contributed by atoms with Crippen LogP contribution in [0.1, 0.15) is 25.0 Å². The minimum absolute atomic E-state index is 0.670. The number of ether oxygens (including phenoxy) is 1. The molecule has 0 amide bonds. The first-order valence-electron chi connectivity index (χ1n) is 10.1. The molecule has 0 bridgehead atoms. The Kier molecular flexibility index (Phi) is 7.67. The van der Waals surface area contributed by atoms with Gasteiger partial charge < -0.3 is 19.9 Å². The van der Waals surface area contributed by atoms with Crippen molar-refractivity contribution in [2.75, 3.05) is 44.2 Å². The molecule has 1 N–H and O–H groups in total. The van der Waals surface area contributed by atoms with Gasteiger partial charge in [-0.25, -0.2) is 9.98 Å². The third-order valence-corrected chi connectivity index (χ3v) is 4.79. The van der Waals surface area contributed by atoms with Crippen LogP contribution in [0.25, 0.3) is 0 Å². The van der Waals surface area contributed by atoms with Crippen LogP contribution in [0.2, 0.25) is 0 Å². The first-order valence-corrected chi connectivity index (χ1v) is 10.1. The summed E-state index contributed by atoms with van der Waals surface area (Å²) < 4.78 is 5.46. The van der Waals surface area contributed by atoms with Gasteiger partial charge >= 0.3 is 0 Å². The van der Waals surface area contributed by atoms with Gasteiger partial charge in [-0.15, -0.1) is 0 Å². The monoisotopic (exact) mass is 381 g/mol. The number of rotatable bonds is 7. The van der Waals surface area contributed by atoms with Crippen LogP contribution in [0, 0.1) is 0 Å². The van der Waals surface area contributed by atoms with Crippen molar-refractivity contribution in [1.82, 2.24) is 15.2 Å². The third-order valence-electron chi connectivity index (χ3n) is 4.79. The second-order valence-corrected chi connectivity index (χ2v) is 6.79. The maximum atomic E-state index is 5.46. The van der Waals surface area contributed by atoms with E-state index in [1.807, 2.05) is 25.3 Å². The zero-order chi connectivity index (χ0) is 19.6. The van der Waals surface area contributed by atoms with Crippen LogP contribution in [-0.4, -0.2) is 55.2 Å². The summed E-state index contributed by atoms with van der Waals surface area (Å²) >= 11 is 0. The second-order valence-electron chi connectivity index (χ2n) is 6.79. The summed E-state index contributed by atoms with van der Waals surface area (Å²) in [6.45, 7) is 10.9. The van der Waals surface area contributed by atoms with Crippen molar-refractivity contribution < 1.29 is 4.74 Å². The van der Waals surface area contributed by atoms with Gasteiger partial charge in [0.2, 0.25) is 0 Å². The lowest BCUT2D eigenvalue weighted by molar-refractivity contribution is 0.134. The lowest BCUT2D eigenvalue weighted by Gasteiger charge is -2.37. The van der Waals surface area contributed by atoms with Gasteiger partial charge in [-0.2, -0.15) is 0 Å².